The Labute approximate surface area is 277 Å². The molecule has 5 heterocycles. The maximum Gasteiger partial charge on any atom is 0.255 e. The summed E-state index contributed by atoms with van der Waals surface area (Å²) in [7, 11) is 1.65. The Kier molecular flexibility index (Phi) is 8.74. The van der Waals surface area contributed by atoms with E-state index in [1.807, 2.05) is 47.3 Å². The number of hydrogen-bond donors (Lipinski definition) is 2. The van der Waals surface area contributed by atoms with Crippen molar-refractivity contribution in [2.24, 2.45) is 0 Å². The Balaban J connectivity index is 0.852. The molecule has 1 fully saturated rings. The van der Waals surface area contributed by atoms with Crippen molar-refractivity contribution >= 4 is 29.2 Å². The van der Waals surface area contributed by atoms with E-state index in [1.54, 1.807) is 24.1 Å². The van der Waals surface area contributed by atoms with Crippen molar-refractivity contribution in [1.29, 1.82) is 0 Å². The van der Waals surface area contributed by atoms with Crippen LogP contribution < -0.4 is 20.1 Å². The lowest BCUT2D eigenvalue weighted by molar-refractivity contribution is -0.136. The Hall–Kier alpha value is -5.71. The van der Waals surface area contributed by atoms with E-state index in [1.165, 1.54) is 0 Å². The standard InChI is InChI=1S/C37H36N6O5/c1-47-29-10-13-34-40-31(23-42(34)22-29)25-7-5-24(6-8-25)26-15-17-39-33(20-26)38-16-3-2-4-18-48-28-9-11-30-27(19-28)21-43(37(30)46)32-12-14-35(44)41-36(32)45/h5-11,13,15,17,19-20,22-23,32H,2-4,12,14,16,18,21H2,1H3,(H,38,39)(H,41,44,45). The number of amides is 3. The summed E-state index contributed by atoms with van der Waals surface area (Å²) < 4.78 is 13.3. The van der Waals surface area contributed by atoms with Gasteiger partial charge in [0.2, 0.25) is 11.8 Å². The molecule has 0 aliphatic carbocycles. The van der Waals surface area contributed by atoms with Crippen molar-refractivity contribution in [3.63, 3.8) is 0 Å². The molecular weight excluding hydrogens is 608 g/mol. The van der Waals surface area contributed by atoms with Crippen LogP contribution in [-0.2, 0) is 16.1 Å². The van der Waals surface area contributed by atoms with Crippen molar-refractivity contribution < 1.29 is 23.9 Å². The van der Waals surface area contributed by atoms with Crippen LogP contribution in [0.2, 0.25) is 0 Å². The Bertz CT molecular complexity index is 1990. The summed E-state index contributed by atoms with van der Waals surface area (Å²) in [4.78, 5) is 47.5. The molecular formula is C37H36N6O5. The third-order valence-corrected chi connectivity index (χ3v) is 8.82. The van der Waals surface area contributed by atoms with Crippen molar-refractivity contribution in [1.82, 2.24) is 24.6 Å². The third-order valence-electron chi connectivity index (χ3n) is 8.82. The van der Waals surface area contributed by atoms with Crippen molar-refractivity contribution in [2.75, 3.05) is 25.6 Å². The molecule has 0 saturated carbocycles. The minimum atomic E-state index is -0.620. The lowest BCUT2D eigenvalue weighted by Gasteiger charge is -2.29. The number of imidazole rings is 1. The fraction of sp³-hybridized carbons (Fsp3) is 0.270. The summed E-state index contributed by atoms with van der Waals surface area (Å²) in [6.07, 6.45) is 9.17. The highest BCUT2D eigenvalue weighted by atomic mass is 16.5. The second-order valence-electron chi connectivity index (χ2n) is 12.0. The zero-order chi connectivity index (χ0) is 33.0. The number of hydrogen-bond acceptors (Lipinski definition) is 8. The van der Waals surface area contributed by atoms with Crippen LogP contribution >= 0.6 is 0 Å². The van der Waals surface area contributed by atoms with Gasteiger partial charge in [0.15, 0.2) is 0 Å². The minimum absolute atomic E-state index is 0.183. The SMILES string of the molecule is COc1ccc2nc(-c3ccc(-c4ccnc(NCCCCCOc5ccc6c(c5)CN(C5CCC(=O)NC5=O)C6=O)c4)cc3)cn2c1. The molecule has 3 amide bonds. The number of nitrogens with zero attached hydrogens (tertiary/aromatic N) is 4. The fourth-order valence-corrected chi connectivity index (χ4v) is 6.22. The Morgan fingerprint density at radius 2 is 1.73 bits per heavy atom. The van der Waals surface area contributed by atoms with E-state index in [0.29, 0.717) is 30.9 Å². The topological polar surface area (TPSA) is 127 Å². The third kappa shape index (κ3) is 6.57. The van der Waals surface area contributed by atoms with Gasteiger partial charge >= 0.3 is 0 Å². The second-order valence-corrected chi connectivity index (χ2v) is 12.0. The van der Waals surface area contributed by atoms with Crippen LogP contribution in [0.1, 0.15) is 48.0 Å². The molecule has 2 aliphatic heterocycles. The first-order valence-electron chi connectivity index (χ1n) is 16.2. The molecule has 5 aromatic rings. The smallest absolute Gasteiger partial charge is 0.255 e. The summed E-state index contributed by atoms with van der Waals surface area (Å²) in [6.45, 7) is 1.70. The van der Waals surface area contributed by atoms with Gasteiger partial charge in [-0.25, -0.2) is 9.97 Å². The molecule has 0 bridgehead atoms. The number of piperidine rings is 1. The number of unbranched alkanes of at least 4 members (excludes halogenated alkanes) is 2. The molecule has 2 aromatic carbocycles. The normalized spacial score (nSPS) is 15.8. The number of pyridine rings is 2. The number of anilines is 1. The van der Waals surface area contributed by atoms with E-state index in [-0.39, 0.29) is 18.2 Å². The summed E-state index contributed by atoms with van der Waals surface area (Å²) in [5.41, 5.74) is 6.42. The van der Waals surface area contributed by atoms with Gasteiger partial charge in [-0.3, -0.25) is 19.7 Å². The van der Waals surface area contributed by atoms with Crippen LogP contribution in [0.5, 0.6) is 11.5 Å². The van der Waals surface area contributed by atoms with Crippen LogP contribution in [0.15, 0.2) is 85.3 Å². The first-order chi connectivity index (χ1) is 23.4. The molecule has 7 rings (SSSR count). The number of aromatic nitrogens is 3. The molecule has 244 valence electrons. The van der Waals surface area contributed by atoms with Gasteiger partial charge in [-0.2, -0.15) is 0 Å². The predicted molar refractivity (Wildman–Crippen MR) is 181 cm³/mol. The molecule has 2 N–H and O–H groups in total. The van der Waals surface area contributed by atoms with Crippen LogP contribution in [-0.4, -0.2) is 63.3 Å². The quantitative estimate of drug-likeness (QED) is 0.135. The van der Waals surface area contributed by atoms with Crippen LogP contribution in [0.25, 0.3) is 28.0 Å². The van der Waals surface area contributed by atoms with Crippen molar-refractivity contribution in [3.05, 3.63) is 96.4 Å². The molecule has 11 heteroatoms. The number of benzene rings is 2. The summed E-state index contributed by atoms with van der Waals surface area (Å²) in [5, 5.41) is 5.77. The molecule has 1 atom stereocenters. The summed E-state index contributed by atoms with van der Waals surface area (Å²) in [5.74, 6) is 1.44. The van der Waals surface area contributed by atoms with E-state index in [4.69, 9.17) is 14.5 Å². The van der Waals surface area contributed by atoms with Gasteiger partial charge in [0.05, 0.1) is 25.6 Å². The molecule has 2 aliphatic rings. The van der Waals surface area contributed by atoms with Crippen LogP contribution in [0.4, 0.5) is 5.82 Å². The molecule has 48 heavy (non-hydrogen) atoms. The van der Waals surface area contributed by atoms with Gasteiger partial charge in [0, 0.05) is 43.0 Å². The van der Waals surface area contributed by atoms with E-state index >= 15 is 0 Å². The highest BCUT2D eigenvalue weighted by Gasteiger charge is 2.39. The number of fused-ring (bicyclic) bond motifs is 2. The first kappa shape index (κ1) is 30.9. The van der Waals surface area contributed by atoms with E-state index < -0.39 is 11.9 Å². The van der Waals surface area contributed by atoms with Crippen LogP contribution in [0.3, 0.4) is 0 Å². The van der Waals surface area contributed by atoms with Gasteiger partial charge in [-0.15, -0.1) is 0 Å². The summed E-state index contributed by atoms with van der Waals surface area (Å²) in [6, 6.07) is 21.1. The average Bonchev–Trinajstić information content (AvgIpc) is 3.68. The molecule has 11 nitrogen and oxygen atoms in total. The molecule has 1 unspecified atom stereocenters. The van der Waals surface area contributed by atoms with Crippen LogP contribution in [0, 0.1) is 0 Å². The van der Waals surface area contributed by atoms with Gasteiger partial charge in [-0.05, 0) is 84.8 Å². The fourth-order valence-electron chi connectivity index (χ4n) is 6.22. The van der Waals surface area contributed by atoms with Gasteiger partial charge in [0.25, 0.3) is 5.91 Å². The lowest BCUT2D eigenvalue weighted by Crippen LogP contribution is -2.52. The number of carbonyl (C=O) groups is 3. The van der Waals surface area contributed by atoms with E-state index in [0.717, 1.165) is 71.0 Å². The predicted octanol–water partition coefficient (Wildman–Crippen LogP) is 5.49. The lowest BCUT2D eigenvalue weighted by atomic mass is 10.0. The first-order valence-corrected chi connectivity index (χ1v) is 16.2. The monoisotopic (exact) mass is 644 g/mol. The van der Waals surface area contributed by atoms with E-state index in [9.17, 15) is 14.4 Å². The molecule has 3 aromatic heterocycles. The maximum absolute atomic E-state index is 12.9. The second kappa shape index (κ2) is 13.6. The zero-order valence-electron chi connectivity index (χ0n) is 26.6. The average molecular weight is 645 g/mol. The number of imide groups is 1. The minimum Gasteiger partial charge on any atom is -0.495 e. The number of ether oxygens (including phenoxy) is 2. The highest BCUT2D eigenvalue weighted by molar-refractivity contribution is 6.05. The Morgan fingerprint density at radius 3 is 2.56 bits per heavy atom. The zero-order valence-corrected chi connectivity index (χ0v) is 26.6. The number of rotatable bonds is 12. The number of carbonyl (C=O) groups excluding carboxylic acids is 3. The van der Waals surface area contributed by atoms with Crippen molar-refractivity contribution in [2.45, 2.75) is 44.7 Å². The summed E-state index contributed by atoms with van der Waals surface area (Å²) >= 11 is 0. The molecule has 0 radical (unpaired) electrons. The van der Waals surface area contributed by atoms with Gasteiger partial charge in [-0.1, -0.05) is 24.3 Å². The van der Waals surface area contributed by atoms with Crippen molar-refractivity contribution in [3.8, 4) is 33.9 Å². The van der Waals surface area contributed by atoms with Gasteiger partial charge < -0.3 is 24.1 Å². The van der Waals surface area contributed by atoms with Gasteiger partial charge in [0.1, 0.15) is 29.0 Å². The Morgan fingerprint density at radius 1 is 0.896 bits per heavy atom. The highest BCUT2D eigenvalue weighted by Crippen LogP contribution is 2.31. The number of methoxy groups -OCH3 is 1. The maximum atomic E-state index is 12.9. The number of nitrogens with one attached hydrogen (secondary N) is 2. The largest absolute Gasteiger partial charge is 0.495 e. The molecule has 1 saturated heterocycles. The molecule has 0 spiro atoms. The van der Waals surface area contributed by atoms with E-state index in [2.05, 4.69) is 45.9 Å².